The number of hydrogen-bond donors (Lipinski definition) is 1. The predicted octanol–water partition coefficient (Wildman–Crippen LogP) is 6.06. The summed E-state index contributed by atoms with van der Waals surface area (Å²) in [5, 5.41) is 18.2. The molecule has 1 atom stereocenters. The van der Waals surface area contributed by atoms with E-state index in [2.05, 4.69) is 15.1 Å². The molecule has 178 valence electrons. The van der Waals surface area contributed by atoms with Crippen molar-refractivity contribution in [3.63, 3.8) is 0 Å². The number of carbonyl (C=O) groups excluding carboxylic acids is 1. The van der Waals surface area contributed by atoms with Crippen LogP contribution in [0.2, 0.25) is 0 Å². The van der Waals surface area contributed by atoms with Crippen LogP contribution in [0.5, 0.6) is 5.75 Å². The van der Waals surface area contributed by atoms with Gasteiger partial charge in [0.25, 0.3) is 0 Å². The van der Waals surface area contributed by atoms with E-state index in [1.54, 1.807) is 13.8 Å². The van der Waals surface area contributed by atoms with Crippen molar-refractivity contribution >= 4 is 5.78 Å². The highest BCUT2D eigenvalue weighted by Gasteiger charge is 2.32. The molecule has 1 aliphatic rings. The summed E-state index contributed by atoms with van der Waals surface area (Å²) >= 11 is 0. The summed E-state index contributed by atoms with van der Waals surface area (Å²) in [5.74, 6) is -0.737. The van der Waals surface area contributed by atoms with Gasteiger partial charge in [0.2, 0.25) is 0 Å². The maximum Gasteiger partial charge on any atom is 0.416 e. The van der Waals surface area contributed by atoms with Gasteiger partial charge in [-0.1, -0.05) is 27.7 Å². The number of nitrogens with zero attached hydrogens (tertiary/aromatic N) is 3. The zero-order chi connectivity index (χ0) is 24.6. The first-order valence-electron chi connectivity index (χ1n) is 11.1. The van der Waals surface area contributed by atoms with E-state index >= 15 is 0 Å². The smallest absolute Gasteiger partial charge is 0.416 e. The number of alkyl halides is 3. The quantitative estimate of drug-likeness (QED) is 0.572. The lowest BCUT2D eigenvalue weighted by atomic mass is 9.90. The minimum atomic E-state index is -4.55. The fraction of sp³-hybridized carbons (Fsp3) is 0.542. The molecule has 32 heavy (non-hydrogen) atoms. The van der Waals surface area contributed by atoms with Crippen molar-refractivity contribution in [2.75, 3.05) is 20.1 Å². The van der Waals surface area contributed by atoms with Crippen molar-refractivity contribution < 1.29 is 23.1 Å². The Hall–Kier alpha value is -2.48. The molecule has 1 aromatic heterocycles. The molecule has 0 aliphatic carbocycles. The first-order valence-corrected chi connectivity index (χ1v) is 11.1. The van der Waals surface area contributed by atoms with Gasteiger partial charge < -0.3 is 10.0 Å². The van der Waals surface area contributed by atoms with Gasteiger partial charge in [-0.15, -0.1) is 10.2 Å². The number of likely N-dealkylation sites (tertiary alicyclic amines) is 1. The predicted molar refractivity (Wildman–Crippen MR) is 121 cm³/mol. The molecule has 1 aliphatic heterocycles. The third-order valence-electron chi connectivity index (χ3n) is 5.33. The van der Waals surface area contributed by atoms with Gasteiger partial charge in [0.15, 0.2) is 5.78 Å². The van der Waals surface area contributed by atoms with Crippen molar-refractivity contribution in [3.05, 3.63) is 40.6 Å². The molecule has 2 aromatic rings. The zero-order valence-corrected chi connectivity index (χ0v) is 20.0. The van der Waals surface area contributed by atoms with Crippen molar-refractivity contribution in [3.8, 4) is 17.0 Å². The molecular formula is C24H34F3N3O2. The molecule has 0 bridgehead atoms. The van der Waals surface area contributed by atoms with Crippen molar-refractivity contribution in [1.29, 1.82) is 0 Å². The van der Waals surface area contributed by atoms with Gasteiger partial charge in [-0.05, 0) is 69.6 Å². The lowest BCUT2D eigenvalue weighted by molar-refractivity contribution is -0.137. The number of ketones is 1. The van der Waals surface area contributed by atoms with E-state index in [-0.39, 0.29) is 28.7 Å². The molecule has 1 aromatic carbocycles. The molecule has 1 N–H and O–H groups in total. The van der Waals surface area contributed by atoms with Crippen LogP contribution in [0.25, 0.3) is 11.3 Å². The second kappa shape index (κ2) is 11.9. The molecule has 3 rings (SSSR count). The number of rotatable bonds is 3. The van der Waals surface area contributed by atoms with E-state index in [0.29, 0.717) is 23.7 Å². The summed E-state index contributed by atoms with van der Waals surface area (Å²) in [6, 6.07) is 2.73. The average molecular weight is 454 g/mol. The Morgan fingerprint density at radius 2 is 1.72 bits per heavy atom. The van der Waals surface area contributed by atoms with Crippen LogP contribution in [0.3, 0.4) is 0 Å². The standard InChI is InChI=1S/C20H22F3N3O2.2C2H6/c1-11-12(2)18(19(28)13-5-4-8-26(3)10-13)25-24-17(11)15-7-6-14(9-16(15)27)20(21,22)23;2*1-2/h6-7,9,13,27H,4-5,8,10H2,1-3H3;2*1-2H3. The number of phenols is 1. The summed E-state index contributed by atoms with van der Waals surface area (Å²) in [6.07, 6.45) is -2.81. The molecule has 0 saturated carbocycles. The molecule has 0 radical (unpaired) electrons. The number of carbonyl (C=O) groups is 1. The van der Waals surface area contributed by atoms with Crippen molar-refractivity contribution in [1.82, 2.24) is 15.1 Å². The van der Waals surface area contributed by atoms with E-state index in [0.717, 1.165) is 25.5 Å². The van der Waals surface area contributed by atoms with Crippen LogP contribution in [0.15, 0.2) is 18.2 Å². The number of piperidine rings is 1. The van der Waals surface area contributed by atoms with Crippen LogP contribution in [-0.4, -0.2) is 46.1 Å². The fourth-order valence-corrected chi connectivity index (χ4v) is 3.58. The lowest BCUT2D eigenvalue weighted by Gasteiger charge is -2.28. The van der Waals surface area contributed by atoms with E-state index in [4.69, 9.17) is 0 Å². The second-order valence-electron chi connectivity index (χ2n) is 7.34. The molecule has 1 fully saturated rings. The number of halogens is 3. The van der Waals surface area contributed by atoms with Gasteiger partial charge in [0.05, 0.1) is 11.3 Å². The number of hydrogen-bond acceptors (Lipinski definition) is 5. The van der Waals surface area contributed by atoms with Crippen LogP contribution in [-0.2, 0) is 6.18 Å². The minimum Gasteiger partial charge on any atom is -0.507 e. The largest absolute Gasteiger partial charge is 0.507 e. The molecular weight excluding hydrogens is 419 g/mol. The van der Waals surface area contributed by atoms with Crippen molar-refractivity contribution in [2.24, 2.45) is 5.92 Å². The highest BCUT2D eigenvalue weighted by Crippen LogP contribution is 2.37. The summed E-state index contributed by atoms with van der Waals surface area (Å²) in [7, 11) is 1.97. The molecule has 1 saturated heterocycles. The third kappa shape index (κ3) is 6.28. The van der Waals surface area contributed by atoms with Crippen LogP contribution in [0, 0.1) is 19.8 Å². The first-order chi connectivity index (χ1) is 15.1. The number of phenolic OH excluding ortho intramolecular Hbond substituents is 1. The normalized spacial score (nSPS) is 16.4. The molecule has 0 spiro atoms. The fourth-order valence-electron chi connectivity index (χ4n) is 3.58. The summed E-state index contributed by atoms with van der Waals surface area (Å²) < 4.78 is 38.4. The summed E-state index contributed by atoms with van der Waals surface area (Å²) in [6.45, 7) is 13.1. The number of aromatic nitrogens is 2. The topological polar surface area (TPSA) is 66.3 Å². The lowest BCUT2D eigenvalue weighted by Crippen LogP contribution is -2.36. The zero-order valence-electron chi connectivity index (χ0n) is 20.0. The van der Waals surface area contributed by atoms with Crippen molar-refractivity contribution in [2.45, 2.75) is 60.6 Å². The SMILES string of the molecule is CC.CC.Cc1c(C(=O)C2CCCN(C)C2)nnc(-c2ccc(C(F)(F)F)cc2O)c1C. The third-order valence-corrected chi connectivity index (χ3v) is 5.33. The summed E-state index contributed by atoms with van der Waals surface area (Å²) in [4.78, 5) is 15.0. The van der Waals surface area contributed by atoms with Gasteiger partial charge >= 0.3 is 6.18 Å². The second-order valence-corrected chi connectivity index (χ2v) is 7.34. The highest BCUT2D eigenvalue weighted by molar-refractivity contribution is 5.98. The highest BCUT2D eigenvalue weighted by atomic mass is 19.4. The van der Waals surface area contributed by atoms with Gasteiger partial charge in [-0.3, -0.25) is 4.79 Å². The average Bonchev–Trinajstić information content (AvgIpc) is 2.77. The van der Waals surface area contributed by atoms with E-state index in [1.807, 2.05) is 34.7 Å². The maximum atomic E-state index is 12.9. The first kappa shape index (κ1) is 27.6. The Morgan fingerprint density at radius 1 is 1.09 bits per heavy atom. The number of aromatic hydroxyl groups is 1. The van der Waals surface area contributed by atoms with Crippen LogP contribution < -0.4 is 0 Å². The number of benzene rings is 1. The molecule has 5 nitrogen and oxygen atoms in total. The maximum absolute atomic E-state index is 12.9. The Bertz CT molecular complexity index is 914. The minimum absolute atomic E-state index is 0.0668. The number of Topliss-reactive ketones (excluding diaryl/α,β-unsaturated/α-hetero) is 1. The molecule has 8 heteroatoms. The van der Waals surface area contributed by atoms with E-state index < -0.39 is 17.5 Å². The molecule has 2 heterocycles. The van der Waals surface area contributed by atoms with Gasteiger partial charge in [0.1, 0.15) is 11.4 Å². The van der Waals surface area contributed by atoms with E-state index in [9.17, 15) is 23.1 Å². The monoisotopic (exact) mass is 453 g/mol. The Kier molecular flexibility index (Phi) is 10.3. The van der Waals surface area contributed by atoms with Crippen LogP contribution in [0.1, 0.15) is 67.7 Å². The van der Waals surface area contributed by atoms with Crippen LogP contribution in [0.4, 0.5) is 13.2 Å². The Morgan fingerprint density at radius 3 is 2.25 bits per heavy atom. The summed E-state index contributed by atoms with van der Waals surface area (Å²) in [5.41, 5.74) is 0.996. The molecule has 0 amide bonds. The van der Waals surface area contributed by atoms with Crippen LogP contribution >= 0.6 is 0 Å². The molecule has 1 unspecified atom stereocenters. The van der Waals surface area contributed by atoms with Gasteiger partial charge in [-0.2, -0.15) is 13.2 Å². The van der Waals surface area contributed by atoms with Gasteiger partial charge in [0, 0.05) is 18.0 Å². The Labute approximate surface area is 188 Å². The van der Waals surface area contributed by atoms with E-state index in [1.165, 1.54) is 6.07 Å². The Balaban J connectivity index is 0.00000121. The van der Waals surface area contributed by atoms with Gasteiger partial charge in [-0.25, -0.2) is 0 Å².